The van der Waals surface area contributed by atoms with Gasteiger partial charge in [-0.25, -0.2) is 8.42 Å². The molecular weight excluding hydrogens is 316 g/mol. The number of nitrogens with two attached hydrogens (primary N) is 1. The summed E-state index contributed by atoms with van der Waals surface area (Å²) in [4.78, 5) is 2.22. The zero-order chi connectivity index (χ0) is 17.0. The van der Waals surface area contributed by atoms with Crippen LogP contribution in [-0.2, 0) is 9.84 Å². The largest absolute Gasteiger partial charge is 0.382 e. The number of nitrogens with zero attached hydrogens (tertiary/aromatic N) is 3. The molecule has 122 valence electrons. The van der Waals surface area contributed by atoms with Gasteiger partial charge in [0.15, 0.2) is 15.7 Å². The van der Waals surface area contributed by atoms with E-state index in [1.165, 1.54) is 6.07 Å². The van der Waals surface area contributed by atoms with E-state index in [9.17, 15) is 8.42 Å². The van der Waals surface area contributed by atoms with Crippen molar-refractivity contribution in [3.8, 4) is 6.07 Å². The van der Waals surface area contributed by atoms with Gasteiger partial charge in [-0.3, -0.25) is 10.8 Å². The summed E-state index contributed by atoms with van der Waals surface area (Å²) in [7, 11) is -3.47. The molecule has 0 atom stereocenters. The maximum Gasteiger partial charge on any atom is 0.201 e. The normalized spacial score (nSPS) is 15.3. The number of nitriles is 1. The number of hydrogen-bond donors (Lipinski definition) is 3. The average molecular weight is 334 g/mol. The molecule has 1 aromatic carbocycles. The third-order valence-electron chi connectivity index (χ3n) is 3.48. The van der Waals surface area contributed by atoms with Gasteiger partial charge in [-0.05, 0) is 31.0 Å². The molecule has 23 heavy (non-hydrogen) atoms. The number of sulfone groups is 1. The molecule has 0 aromatic heterocycles. The van der Waals surface area contributed by atoms with Crippen LogP contribution in [0.3, 0.4) is 0 Å². The van der Waals surface area contributed by atoms with Crippen LogP contribution in [0, 0.1) is 16.7 Å². The Hall–Kier alpha value is -2.60. The highest BCUT2D eigenvalue weighted by molar-refractivity contribution is 7.90. The number of nitrogens with one attached hydrogen (secondary N) is 2. The molecule has 9 heteroatoms. The summed E-state index contributed by atoms with van der Waals surface area (Å²) < 4.78 is 23.8. The van der Waals surface area contributed by atoms with E-state index in [2.05, 4.69) is 15.4 Å². The maximum atomic E-state index is 11.9. The summed E-state index contributed by atoms with van der Waals surface area (Å²) in [5, 5.41) is 19.8. The maximum absolute atomic E-state index is 11.9. The number of hydrazone groups is 1. The monoisotopic (exact) mass is 334 g/mol. The molecule has 1 fully saturated rings. The molecule has 1 saturated heterocycles. The van der Waals surface area contributed by atoms with Gasteiger partial charge in [-0.1, -0.05) is 0 Å². The first-order chi connectivity index (χ1) is 10.8. The van der Waals surface area contributed by atoms with Crippen molar-refractivity contribution >= 4 is 32.8 Å². The average Bonchev–Trinajstić information content (AvgIpc) is 3.00. The minimum absolute atomic E-state index is 0.0741. The molecule has 0 radical (unpaired) electrons. The lowest BCUT2D eigenvalue weighted by Crippen LogP contribution is -2.22. The molecule has 1 heterocycles. The smallest absolute Gasteiger partial charge is 0.201 e. The summed E-state index contributed by atoms with van der Waals surface area (Å²) in [6.45, 7) is 1.83. The van der Waals surface area contributed by atoms with Crippen LogP contribution in [0.25, 0.3) is 0 Å². The fourth-order valence-electron chi connectivity index (χ4n) is 2.36. The van der Waals surface area contributed by atoms with Gasteiger partial charge in [-0.15, -0.1) is 0 Å². The second-order valence-electron chi connectivity index (χ2n) is 5.24. The fourth-order valence-corrected chi connectivity index (χ4v) is 3.18. The van der Waals surface area contributed by atoms with Gasteiger partial charge in [0, 0.05) is 25.0 Å². The zero-order valence-electron chi connectivity index (χ0n) is 12.7. The Morgan fingerprint density at radius 3 is 2.61 bits per heavy atom. The molecule has 0 bridgehead atoms. The molecule has 0 spiro atoms. The molecule has 1 aliphatic heterocycles. The van der Waals surface area contributed by atoms with Crippen molar-refractivity contribution in [2.75, 3.05) is 29.7 Å². The van der Waals surface area contributed by atoms with E-state index >= 15 is 0 Å². The Morgan fingerprint density at radius 1 is 1.43 bits per heavy atom. The molecule has 1 aliphatic rings. The molecule has 0 saturated carbocycles. The Morgan fingerprint density at radius 2 is 2.09 bits per heavy atom. The topological polar surface area (TPSA) is 135 Å². The van der Waals surface area contributed by atoms with Crippen molar-refractivity contribution in [2.24, 2.45) is 10.8 Å². The van der Waals surface area contributed by atoms with Gasteiger partial charge in [0.1, 0.15) is 6.07 Å². The van der Waals surface area contributed by atoms with Gasteiger partial charge in [0.25, 0.3) is 0 Å². The van der Waals surface area contributed by atoms with Crippen LogP contribution < -0.4 is 16.1 Å². The summed E-state index contributed by atoms with van der Waals surface area (Å²) in [6.07, 6.45) is 3.29. The van der Waals surface area contributed by atoms with Crippen molar-refractivity contribution in [1.29, 1.82) is 10.7 Å². The Labute approximate surface area is 135 Å². The quantitative estimate of drug-likeness (QED) is 0.416. The van der Waals surface area contributed by atoms with Gasteiger partial charge < -0.3 is 10.6 Å². The highest BCUT2D eigenvalue weighted by Crippen LogP contribution is 2.29. The second-order valence-corrected chi connectivity index (χ2v) is 7.23. The van der Waals surface area contributed by atoms with E-state index in [1.807, 2.05) is 0 Å². The van der Waals surface area contributed by atoms with E-state index < -0.39 is 15.7 Å². The van der Waals surface area contributed by atoms with Crippen molar-refractivity contribution in [2.45, 2.75) is 17.7 Å². The third kappa shape index (κ3) is 3.98. The van der Waals surface area contributed by atoms with Crippen LogP contribution in [0.4, 0.5) is 11.4 Å². The van der Waals surface area contributed by atoms with Crippen LogP contribution in [0.5, 0.6) is 0 Å². The predicted octanol–water partition coefficient (Wildman–Crippen LogP) is 0.918. The van der Waals surface area contributed by atoms with E-state index in [4.69, 9.17) is 16.4 Å². The van der Waals surface area contributed by atoms with E-state index in [-0.39, 0.29) is 16.3 Å². The number of benzene rings is 1. The van der Waals surface area contributed by atoms with E-state index in [0.717, 1.165) is 37.9 Å². The standard InChI is InChI=1S/C14H18N6O2S/c1-23(21,22)13-5-4-10(20-6-2-3-7-20)8-11(13)18-19-12(9-15)14(16)17/h4-5,8,18H,2-3,6-7H2,1H3,(H3,16,17)/b19-12+. The molecular formula is C14H18N6O2S. The van der Waals surface area contributed by atoms with Crippen LogP contribution >= 0.6 is 0 Å². The van der Waals surface area contributed by atoms with E-state index in [0.29, 0.717) is 0 Å². The minimum atomic E-state index is -3.47. The predicted molar refractivity (Wildman–Crippen MR) is 89.6 cm³/mol. The first-order valence-electron chi connectivity index (χ1n) is 7.00. The van der Waals surface area contributed by atoms with Gasteiger partial charge >= 0.3 is 0 Å². The lowest BCUT2D eigenvalue weighted by atomic mass is 10.2. The van der Waals surface area contributed by atoms with Crippen molar-refractivity contribution in [3.63, 3.8) is 0 Å². The minimum Gasteiger partial charge on any atom is -0.382 e. The molecule has 2 rings (SSSR count). The SMILES string of the molecule is CS(=O)(=O)c1ccc(N2CCCC2)cc1N/N=C(\C#N)C(=N)N. The number of hydrogen-bond acceptors (Lipinski definition) is 7. The summed E-state index contributed by atoms with van der Waals surface area (Å²) in [6, 6.07) is 6.63. The van der Waals surface area contributed by atoms with Gasteiger partial charge in [0.05, 0.1) is 10.6 Å². The van der Waals surface area contributed by atoms with Crippen molar-refractivity contribution in [1.82, 2.24) is 0 Å². The second kappa shape index (κ2) is 6.66. The Balaban J connectivity index is 2.42. The van der Waals surface area contributed by atoms with Crippen LogP contribution in [0.15, 0.2) is 28.2 Å². The Kier molecular flexibility index (Phi) is 4.86. The summed E-state index contributed by atoms with van der Waals surface area (Å²) in [5.41, 5.74) is 8.61. The van der Waals surface area contributed by atoms with Crippen LogP contribution in [-0.4, -0.2) is 39.3 Å². The molecule has 8 nitrogen and oxygen atoms in total. The lowest BCUT2D eigenvalue weighted by Gasteiger charge is -2.19. The van der Waals surface area contributed by atoms with Crippen LogP contribution in [0.1, 0.15) is 12.8 Å². The number of anilines is 2. The van der Waals surface area contributed by atoms with E-state index in [1.54, 1.807) is 18.2 Å². The van der Waals surface area contributed by atoms with Crippen LogP contribution in [0.2, 0.25) is 0 Å². The highest BCUT2D eigenvalue weighted by Gasteiger charge is 2.18. The first kappa shape index (κ1) is 16.8. The summed E-state index contributed by atoms with van der Waals surface area (Å²) >= 11 is 0. The molecule has 0 amide bonds. The first-order valence-corrected chi connectivity index (χ1v) is 8.89. The summed E-state index contributed by atoms with van der Waals surface area (Å²) in [5.74, 6) is -0.489. The zero-order valence-corrected chi connectivity index (χ0v) is 13.5. The van der Waals surface area contributed by atoms with Crippen molar-refractivity contribution in [3.05, 3.63) is 18.2 Å². The highest BCUT2D eigenvalue weighted by atomic mass is 32.2. The molecule has 4 N–H and O–H groups in total. The fraction of sp³-hybridized carbons (Fsp3) is 0.357. The third-order valence-corrected chi connectivity index (χ3v) is 4.64. The molecule has 1 aromatic rings. The van der Waals surface area contributed by atoms with Gasteiger partial charge in [0.2, 0.25) is 5.71 Å². The van der Waals surface area contributed by atoms with Crippen molar-refractivity contribution < 1.29 is 8.42 Å². The molecule has 0 unspecified atom stereocenters. The number of amidine groups is 1. The lowest BCUT2D eigenvalue weighted by molar-refractivity contribution is 0.602. The Bertz CT molecular complexity index is 788. The van der Waals surface area contributed by atoms with Gasteiger partial charge in [-0.2, -0.15) is 10.4 Å². The number of rotatable bonds is 5. The molecule has 0 aliphatic carbocycles.